The van der Waals surface area contributed by atoms with Crippen LogP contribution in [0.1, 0.15) is 66.7 Å². The molecule has 0 spiro atoms. The largest absolute Gasteiger partial charge is 0.386 e. The molecule has 2 fully saturated rings. The number of aliphatic hydroxyl groups excluding tert-OH is 3. The summed E-state index contributed by atoms with van der Waals surface area (Å²) in [7, 11) is 1.83. The topological polar surface area (TPSA) is 136 Å². The van der Waals surface area contributed by atoms with Crippen LogP contribution < -0.4 is 10.6 Å². The number of rotatable bonds is 10. The van der Waals surface area contributed by atoms with Crippen molar-refractivity contribution in [3.63, 3.8) is 0 Å². The maximum absolute atomic E-state index is 13.3. The summed E-state index contributed by atoms with van der Waals surface area (Å²) in [6.45, 7) is 2.32. The first-order chi connectivity index (χ1) is 17.9. The molecule has 1 aromatic carbocycles. The number of nitrogens with zero attached hydrogens (tertiary/aromatic N) is 4. The van der Waals surface area contributed by atoms with Crippen LogP contribution in [-0.4, -0.2) is 72.9 Å². The van der Waals surface area contributed by atoms with Crippen LogP contribution in [0.5, 0.6) is 0 Å². The fraction of sp³-hybridized carbons (Fsp3) is 0.500. The minimum atomic E-state index is -1.76. The van der Waals surface area contributed by atoms with Crippen LogP contribution >= 0.6 is 11.3 Å². The molecule has 37 heavy (non-hydrogen) atoms. The van der Waals surface area contributed by atoms with E-state index >= 15 is 0 Å². The number of amides is 1. The number of nitrogens with one attached hydrogen (secondary N) is 2. The summed E-state index contributed by atoms with van der Waals surface area (Å²) >= 11 is 1.63. The monoisotopic (exact) mass is 526 g/mol. The Labute approximate surface area is 220 Å². The summed E-state index contributed by atoms with van der Waals surface area (Å²) in [5.74, 6) is -0.100. The first-order valence-electron chi connectivity index (χ1n) is 12.8. The maximum Gasteiger partial charge on any atom is 0.254 e. The highest BCUT2D eigenvalue weighted by Gasteiger charge is 2.42. The summed E-state index contributed by atoms with van der Waals surface area (Å²) in [5, 5.41) is 43.1. The smallest absolute Gasteiger partial charge is 0.254 e. The summed E-state index contributed by atoms with van der Waals surface area (Å²) < 4.78 is 1.74. The fourth-order valence-corrected chi connectivity index (χ4v) is 6.06. The van der Waals surface area contributed by atoms with E-state index in [2.05, 4.69) is 15.7 Å². The third kappa shape index (κ3) is 5.41. The molecule has 1 amide bonds. The quantitative estimate of drug-likeness (QED) is 0.254. The molecule has 1 aliphatic heterocycles. The molecule has 1 aliphatic carbocycles. The second-order valence-corrected chi connectivity index (χ2v) is 10.8. The van der Waals surface area contributed by atoms with Crippen molar-refractivity contribution < 1.29 is 20.1 Å². The normalized spacial score (nSPS) is 21.0. The van der Waals surface area contributed by atoms with Gasteiger partial charge in [0, 0.05) is 36.9 Å². The van der Waals surface area contributed by atoms with Crippen molar-refractivity contribution in [1.29, 1.82) is 0 Å². The van der Waals surface area contributed by atoms with Gasteiger partial charge in [-0.15, -0.1) is 11.3 Å². The second-order valence-electron chi connectivity index (χ2n) is 9.79. The molecule has 2 aliphatic rings. The van der Waals surface area contributed by atoms with Crippen molar-refractivity contribution in [3.8, 4) is 5.69 Å². The van der Waals surface area contributed by atoms with Crippen molar-refractivity contribution in [2.75, 3.05) is 18.9 Å². The Kier molecular flexibility index (Phi) is 7.59. The van der Waals surface area contributed by atoms with E-state index in [1.54, 1.807) is 27.1 Å². The number of anilines is 1. The van der Waals surface area contributed by atoms with Crippen LogP contribution in [0.3, 0.4) is 0 Å². The number of thiazole rings is 1. The standard InChI is InChI=1S/C26H34N6O4S/c1-15(16-8-10-18(11-9-16)32-14-4-12-28-32)29-24(35)21(33)22(34)25(36)31-13-3-5-19(31)20-23(17-6-7-17)37-26(27-2)30-20/h4,8-12,14-15,17,19,21-22,24,29,33-35H,3,5-7,13H2,1-2H3,(H,27,30)/t15-,19-,21-,22-,24?/m1/s1. The highest BCUT2D eigenvalue weighted by Crippen LogP contribution is 2.49. The molecule has 1 unspecified atom stereocenters. The van der Waals surface area contributed by atoms with Gasteiger partial charge >= 0.3 is 0 Å². The predicted octanol–water partition coefficient (Wildman–Crippen LogP) is 2.30. The van der Waals surface area contributed by atoms with E-state index in [-0.39, 0.29) is 12.1 Å². The van der Waals surface area contributed by atoms with Crippen molar-refractivity contribution in [3.05, 3.63) is 58.9 Å². The SMILES string of the molecule is CNc1nc([C@H]2CCCN2C(=O)[C@H](O)[C@@H](O)C(O)N[C@H](C)c2ccc(-n3cccn3)cc2)c(C2CC2)s1. The zero-order chi connectivity index (χ0) is 26.1. The Hall–Kier alpha value is -2.83. The predicted molar refractivity (Wildman–Crippen MR) is 140 cm³/mol. The molecule has 0 bridgehead atoms. The Bertz CT molecular complexity index is 1200. The van der Waals surface area contributed by atoms with Gasteiger partial charge in [0.15, 0.2) is 11.2 Å². The number of likely N-dealkylation sites (tertiary alicyclic amines) is 1. The van der Waals surface area contributed by atoms with Gasteiger partial charge in [-0.1, -0.05) is 12.1 Å². The molecular formula is C26H34N6O4S. The third-order valence-electron chi connectivity index (χ3n) is 7.18. The minimum absolute atomic E-state index is 0.236. The minimum Gasteiger partial charge on any atom is -0.386 e. The second kappa shape index (κ2) is 10.9. The molecule has 5 atom stereocenters. The molecule has 3 aromatic rings. The number of hydrogen-bond donors (Lipinski definition) is 5. The van der Waals surface area contributed by atoms with Crippen molar-refractivity contribution in [1.82, 2.24) is 25.0 Å². The number of aliphatic hydroxyl groups is 3. The summed E-state index contributed by atoms with van der Waals surface area (Å²) in [6.07, 6.45) is 2.41. The van der Waals surface area contributed by atoms with Gasteiger partial charge < -0.3 is 25.5 Å². The van der Waals surface area contributed by atoms with Gasteiger partial charge in [0.2, 0.25) is 0 Å². The zero-order valence-corrected chi connectivity index (χ0v) is 21.8. The number of benzene rings is 1. The maximum atomic E-state index is 13.3. The van der Waals surface area contributed by atoms with Crippen molar-refractivity contribution >= 4 is 22.4 Å². The van der Waals surface area contributed by atoms with Crippen LogP contribution in [0, 0.1) is 0 Å². The Balaban J connectivity index is 1.22. The van der Waals surface area contributed by atoms with E-state index in [9.17, 15) is 20.1 Å². The average molecular weight is 527 g/mol. The molecule has 5 rings (SSSR count). The van der Waals surface area contributed by atoms with Gasteiger partial charge in [-0.25, -0.2) is 9.67 Å². The first kappa shape index (κ1) is 25.8. The molecule has 1 saturated carbocycles. The molecule has 11 heteroatoms. The van der Waals surface area contributed by atoms with Crippen LogP contribution in [0.15, 0.2) is 42.7 Å². The number of carbonyl (C=O) groups is 1. The number of carbonyl (C=O) groups excluding carboxylic acids is 1. The molecule has 0 radical (unpaired) electrons. The molecule has 1 saturated heterocycles. The van der Waals surface area contributed by atoms with E-state index in [1.165, 1.54) is 4.88 Å². The molecular weight excluding hydrogens is 492 g/mol. The summed E-state index contributed by atoms with van der Waals surface area (Å²) in [5.41, 5.74) is 2.67. The molecule has 198 valence electrons. The summed E-state index contributed by atoms with van der Waals surface area (Å²) in [6, 6.07) is 8.88. The van der Waals surface area contributed by atoms with E-state index < -0.39 is 24.3 Å². The number of aromatic nitrogens is 3. The molecule has 10 nitrogen and oxygen atoms in total. The van der Waals surface area contributed by atoms with Gasteiger partial charge in [0.25, 0.3) is 5.91 Å². The van der Waals surface area contributed by atoms with E-state index in [1.807, 2.05) is 50.5 Å². The number of hydrogen-bond acceptors (Lipinski definition) is 9. The highest BCUT2D eigenvalue weighted by atomic mass is 32.1. The molecule has 3 heterocycles. The van der Waals surface area contributed by atoms with Gasteiger partial charge in [0.05, 0.1) is 17.4 Å². The van der Waals surface area contributed by atoms with E-state index in [0.717, 1.165) is 47.8 Å². The van der Waals surface area contributed by atoms with Gasteiger partial charge in [-0.3, -0.25) is 10.1 Å². The Morgan fingerprint density at radius 1 is 1.16 bits per heavy atom. The lowest BCUT2D eigenvalue weighted by Crippen LogP contribution is -2.53. The van der Waals surface area contributed by atoms with Crippen LogP contribution in [0.25, 0.3) is 5.69 Å². The Morgan fingerprint density at radius 2 is 1.92 bits per heavy atom. The van der Waals surface area contributed by atoms with Crippen LogP contribution in [0.2, 0.25) is 0 Å². The average Bonchev–Trinajstić information content (AvgIpc) is 3.31. The van der Waals surface area contributed by atoms with E-state index in [4.69, 9.17) is 4.98 Å². The molecule has 2 aromatic heterocycles. The van der Waals surface area contributed by atoms with E-state index in [0.29, 0.717) is 12.5 Å². The lowest BCUT2D eigenvalue weighted by Gasteiger charge is -2.31. The molecule has 5 N–H and O–H groups in total. The van der Waals surface area contributed by atoms with Gasteiger partial charge in [0.1, 0.15) is 12.3 Å². The van der Waals surface area contributed by atoms with Crippen molar-refractivity contribution in [2.24, 2.45) is 0 Å². The highest BCUT2D eigenvalue weighted by molar-refractivity contribution is 7.15. The van der Waals surface area contributed by atoms with Crippen molar-refractivity contribution in [2.45, 2.75) is 69.0 Å². The van der Waals surface area contributed by atoms with Gasteiger partial charge in [-0.05, 0) is 62.3 Å². The van der Waals surface area contributed by atoms with Crippen LogP contribution in [-0.2, 0) is 4.79 Å². The first-order valence-corrected chi connectivity index (χ1v) is 13.6. The van der Waals surface area contributed by atoms with Crippen LogP contribution in [0.4, 0.5) is 5.13 Å². The fourth-order valence-electron chi connectivity index (χ4n) is 4.92. The third-order valence-corrected chi connectivity index (χ3v) is 8.43. The lowest BCUT2D eigenvalue weighted by atomic mass is 10.0. The zero-order valence-electron chi connectivity index (χ0n) is 21.0. The van der Waals surface area contributed by atoms with Gasteiger partial charge in [-0.2, -0.15) is 5.10 Å². The summed E-state index contributed by atoms with van der Waals surface area (Å²) in [4.78, 5) is 20.8. The lowest BCUT2D eigenvalue weighted by molar-refractivity contribution is -0.154. The Morgan fingerprint density at radius 3 is 2.57 bits per heavy atom.